The first-order valence-corrected chi connectivity index (χ1v) is 8.61. The zero-order valence-electron chi connectivity index (χ0n) is 13.1. The summed E-state index contributed by atoms with van der Waals surface area (Å²) >= 11 is 3.41. The van der Waals surface area contributed by atoms with Gasteiger partial charge in [-0.2, -0.15) is 0 Å². The van der Waals surface area contributed by atoms with E-state index in [1.165, 1.54) is 0 Å². The molecule has 1 aliphatic heterocycles. The predicted molar refractivity (Wildman–Crippen MR) is 88.6 cm³/mol. The van der Waals surface area contributed by atoms with Gasteiger partial charge in [-0.05, 0) is 12.1 Å². The first-order valence-electron chi connectivity index (χ1n) is 7.70. The zero-order valence-corrected chi connectivity index (χ0v) is 14.7. The van der Waals surface area contributed by atoms with Gasteiger partial charge in [0.2, 0.25) is 0 Å². The zero-order chi connectivity index (χ0) is 16.2. The minimum absolute atomic E-state index is 0.167. The van der Waals surface area contributed by atoms with Crippen LogP contribution in [0.4, 0.5) is 0 Å². The highest BCUT2D eigenvalue weighted by molar-refractivity contribution is 9.09. The Kier molecular flexibility index (Phi) is 9.35. The van der Waals surface area contributed by atoms with Crippen molar-refractivity contribution in [1.82, 2.24) is 0 Å². The molecule has 1 aromatic carbocycles. The standard InChI is InChI=1S/C16H23BrO6/c17-16-13-20-8-7-18-5-6-19-9-10-21-14-3-1-2-4-15(14)22-11-12-23-16/h1-4,16H,5-13H2. The minimum Gasteiger partial charge on any atom is -0.487 e. The van der Waals surface area contributed by atoms with E-state index in [0.717, 1.165) is 0 Å². The van der Waals surface area contributed by atoms with E-state index in [1.807, 2.05) is 24.3 Å². The van der Waals surface area contributed by atoms with Crippen LogP contribution in [0.2, 0.25) is 0 Å². The summed E-state index contributed by atoms with van der Waals surface area (Å²) in [4.78, 5) is 0. The second kappa shape index (κ2) is 11.6. The largest absolute Gasteiger partial charge is 0.487 e. The highest BCUT2D eigenvalue weighted by Crippen LogP contribution is 2.26. The van der Waals surface area contributed by atoms with Gasteiger partial charge in [0.1, 0.15) is 18.2 Å². The van der Waals surface area contributed by atoms with Crippen molar-refractivity contribution in [3.05, 3.63) is 24.3 Å². The molecule has 7 heteroatoms. The van der Waals surface area contributed by atoms with Gasteiger partial charge in [-0.1, -0.05) is 28.1 Å². The van der Waals surface area contributed by atoms with Crippen LogP contribution in [0.1, 0.15) is 0 Å². The first-order chi connectivity index (χ1) is 11.4. The van der Waals surface area contributed by atoms with Crippen LogP contribution < -0.4 is 9.47 Å². The number of alkyl halides is 1. The summed E-state index contributed by atoms with van der Waals surface area (Å²) in [6.45, 7) is 4.44. The Labute approximate surface area is 145 Å². The number of benzene rings is 1. The lowest BCUT2D eigenvalue weighted by Gasteiger charge is -2.15. The van der Waals surface area contributed by atoms with Gasteiger partial charge in [0.05, 0.1) is 46.2 Å². The molecule has 0 saturated heterocycles. The van der Waals surface area contributed by atoms with E-state index >= 15 is 0 Å². The van der Waals surface area contributed by atoms with Gasteiger partial charge in [-0.15, -0.1) is 0 Å². The third-order valence-electron chi connectivity index (χ3n) is 2.97. The number of fused-ring (bicyclic) bond motifs is 1. The lowest BCUT2D eigenvalue weighted by atomic mass is 10.3. The Morgan fingerprint density at radius 3 is 1.87 bits per heavy atom. The smallest absolute Gasteiger partial charge is 0.161 e. The Morgan fingerprint density at radius 2 is 1.22 bits per heavy atom. The maximum atomic E-state index is 5.71. The molecule has 0 bridgehead atoms. The van der Waals surface area contributed by atoms with Gasteiger partial charge in [0.25, 0.3) is 0 Å². The van der Waals surface area contributed by atoms with Crippen LogP contribution in [0.15, 0.2) is 24.3 Å². The van der Waals surface area contributed by atoms with Gasteiger partial charge in [-0.25, -0.2) is 0 Å². The monoisotopic (exact) mass is 390 g/mol. The van der Waals surface area contributed by atoms with Crippen LogP contribution in [0.3, 0.4) is 0 Å². The summed E-state index contributed by atoms with van der Waals surface area (Å²) in [6, 6.07) is 7.56. The second-order valence-corrected chi connectivity index (χ2v) is 5.75. The molecule has 0 aliphatic carbocycles. The summed E-state index contributed by atoms with van der Waals surface area (Å²) in [7, 11) is 0. The molecule has 0 saturated carbocycles. The van der Waals surface area contributed by atoms with Crippen LogP contribution in [0, 0.1) is 0 Å². The fraction of sp³-hybridized carbons (Fsp3) is 0.625. The Morgan fingerprint density at radius 1 is 0.696 bits per heavy atom. The highest BCUT2D eigenvalue weighted by Gasteiger charge is 2.07. The van der Waals surface area contributed by atoms with Crippen molar-refractivity contribution in [1.29, 1.82) is 0 Å². The van der Waals surface area contributed by atoms with Crippen molar-refractivity contribution in [3.8, 4) is 11.5 Å². The van der Waals surface area contributed by atoms with Gasteiger partial charge in [0, 0.05) is 0 Å². The van der Waals surface area contributed by atoms with Crippen molar-refractivity contribution >= 4 is 15.9 Å². The van der Waals surface area contributed by atoms with Crippen molar-refractivity contribution in [3.63, 3.8) is 0 Å². The molecule has 1 unspecified atom stereocenters. The molecule has 0 N–H and O–H groups in total. The Balaban J connectivity index is 1.83. The molecule has 130 valence electrons. The van der Waals surface area contributed by atoms with Gasteiger partial charge >= 0.3 is 0 Å². The molecule has 1 aliphatic rings. The van der Waals surface area contributed by atoms with Gasteiger partial charge in [0.15, 0.2) is 11.5 Å². The lowest BCUT2D eigenvalue weighted by molar-refractivity contribution is -0.0147. The second-order valence-electron chi connectivity index (χ2n) is 4.72. The maximum absolute atomic E-state index is 5.71. The molecule has 23 heavy (non-hydrogen) atoms. The number of para-hydroxylation sites is 2. The van der Waals surface area contributed by atoms with Crippen molar-refractivity contribution in [2.75, 3.05) is 59.5 Å². The topological polar surface area (TPSA) is 55.4 Å². The number of rotatable bonds is 0. The van der Waals surface area contributed by atoms with Crippen LogP contribution in [-0.4, -0.2) is 64.5 Å². The molecule has 0 fully saturated rings. The van der Waals surface area contributed by atoms with Crippen LogP contribution in [0.25, 0.3) is 0 Å². The van der Waals surface area contributed by atoms with E-state index < -0.39 is 0 Å². The van der Waals surface area contributed by atoms with Gasteiger partial charge in [-0.3, -0.25) is 0 Å². The Hall–Kier alpha value is -0.860. The van der Waals surface area contributed by atoms with Crippen molar-refractivity contribution in [2.45, 2.75) is 5.01 Å². The van der Waals surface area contributed by atoms with Crippen LogP contribution in [0.5, 0.6) is 11.5 Å². The SMILES string of the molecule is BrC1COCCOCCOCCOc2ccccc2OCCO1. The molecule has 2 rings (SSSR count). The first kappa shape index (κ1) is 18.5. The molecule has 1 aromatic rings. The molecule has 0 radical (unpaired) electrons. The molecular weight excluding hydrogens is 368 g/mol. The third-order valence-corrected chi connectivity index (χ3v) is 3.50. The van der Waals surface area contributed by atoms with Crippen molar-refractivity contribution < 1.29 is 28.4 Å². The lowest BCUT2D eigenvalue weighted by Crippen LogP contribution is -2.19. The third kappa shape index (κ3) is 7.99. The summed E-state index contributed by atoms with van der Waals surface area (Å²) < 4.78 is 33.3. The molecule has 1 heterocycles. The van der Waals surface area contributed by atoms with E-state index in [1.54, 1.807) is 0 Å². The maximum Gasteiger partial charge on any atom is 0.161 e. The number of ether oxygens (including phenoxy) is 6. The molecule has 0 aromatic heterocycles. The molecule has 6 nitrogen and oxygen atoms in total. The summed E-state index contributed by atoms with van der Waals surface area (Å²) in [6.07, 6.45) is 0. The van der Waals surface area contributed by atoms with E-state index in [4.69, 9.17) is 28.4 Å². The Bertz CT molecular complexity index is 431. The minimum atomic E-state index is -0.167. The predicted octanol–water partition coefficient (Wildman–Crippen LogP) is 2.25. The van der Waals surface area contributed by atoms with E-state index in [-0.39, 0.29) is 5.01 Å². The van der Waals surface area contributed by atoms with E-state index in [2.05, 4.69) is 15.9 Å². The normalized spacial score (nSPS) is 22.7. The number of hydrogen-bond donors (Lipinski definition) is 0. The molecule has 0 amide bonds. The molecular formula is C16H23BrO6. The fourth-order valence-corrected chi connectivity index (χ4v) is 2.26. The molecule has 1 atom stereocenters. The highest BCUT2D eigenvalue weighted by atomic mass is 79.9. The van der Waals surface area contributed by atoms with Gasteiger partial charge < -0.3 is 28.4 Å². The average molecular weight is 391 g/mol. The van der Waals surface area contributed by atoms with Crippen LogP contribution in [-0.2, 0) is 18.9 Å². The average Bonchev–Trinajstić information content (AvgIpc) is 2.57. The van der Waals surface area contributed by atoms with E-state index in [9.17, 15) is 0 Å². The van der Waals surface area contributed by atoms with Crippen molar-refractivity contribution in [2.24, 2.45) is 0 Å². The summed E-state index contributed by atoms with van der Waals surface area (Å²) in [5.41, 5.74) is 0. The van der Waals surface area contributed by atoms with Crippen LogP contribution >= 0.6 is 15.9 Å². The quantitative estimate of drug-likeness (QED) is 0.633. The molecule has 0 spiro atoms. The van der Waals surface area contributed by atoms with E-state index in [0.29, 0.717) is 71.0 Å². The number of hydrogen-bond acceptors (Lipinski definition) is 6. The number of halogens is 1. The fourth-order valence-electron chi connectivity index (χ4n) is 1.89. The summed E-state index contributed by atoms with van der Waals surface area (Å²) in [5, 5.41) is -0.167. The summed E-state index contributed by atoms with van der Waals surface area (Å²) in [5.74, 6) is 1.40.